The van der Waals surface area contributed by atoms with Crippen LogP contribution in [0.15, 0.2) is 24.3 Å². The lowest BCUT2D eigenvalue weighted by atomic mass is 9.99. The molecule has 0 amide bonds. The van der Waals surface area contributed by atoms with Gasteiger partial charge in [-0.15, -0.1) is 0 Å². The largest absolute Gasteiger partial charge is 0.544 e. The number of carbonyl (C=O) groups is 1. The van der Waals surface area contributed by atoms with E-state index in [-0.39, 0.29) is 0 Å². The molecule has 0 saturated heterocycles. The predicted octanol–water partition coefficient (Wildman–Crippen LogP) is -0.287. The summed E-state index contributed by atoms with van der Waals surface area (Å²) in [6, 6.07) is 7.30. The average molecular weight is 207 g/mol. The molecule has 3 N–H and O–H groups in total. The highest BCUT2D eigenvalue weighted by atomic mass is 16.4. The normalized spacial score (nSPS) is 12.8. The van der Waals surface area contributed by atoms with E-state index in [9.17, 15) is 9.90 Å². The van der Waals surface area contributed by atoms with E-state index in [4.69, 9.17) is 0 Å². The van der Waals surface area contributed by atoms with Gasteiger partial charge in [-0.2, -0.15) is 0 Å². The fourth-order valence-corrected chi connectivity index (χ4v) is 1.41. The number of aliphatic carboxylic acids is 1. The highest BCUT2D eigenvalue weighted by Crippen LogP contribution is 2.15. The lowest BCUT2D eigenvalue weighted by Crippen LogP contribution is -2.69. The van der Waals surface area contributed by atoms with Crippen LogP contribution in [0.25, 0.3) is 0 Å². The van der Waals surface area contributed by atoms with Gasteiger partial charge in [0.05, 0.1) is 5.97 Å². The lowest BCUT2D eigenvalue weighted by molar-refractivity contribution is -0.437. The Morgan fingerprint density at radius 2 is 1.87 bits per heavy atom. The maximum absolute atomic E-state index is 10.5. The Morgan fingerprint density at radius 3 is 2.27 bits per heavy atom. The number of carboxylic acid groups (broad SMARTS) is 1. The van der Waals surface area contributed by atoms with Crippen molar-refractivity contribution < 1.29 is 15.6 Å². The van der Waals surface area contributed by atoms with Crippen molar-refractivity contribution in [3.05, 3.63) is 35.4 Å². The summed E-state index contributed by atoms with van der Waals surface area (Å²) in [4.78, 5) is 10.5. The van der Waals surface area contributed by atoms with Crippen LogP contribution in [-0.2, 0) is 11.2 Å². The number of benzene rings is 1. The van der Waals surface area contributed by atoms with E-state index in [0.29, 0.717) is 12.3 Å². The first-order valence-electron chi connectivity index (χ1n) is 5.13. The van der Waals surface area contributed by atoms with Crippen molar-refractivity contribution in [2.45, 2.75) is 32.2 Å². The highest BCUT2D eigenvalue weighted by molar-refractivity contribution is 5.69. The minimum atomic E-state index is -1.09. The summed E-state index contributed by atoms with van der Waals surface area (Å²) in [6.45, 7) is 4.25. The van der Waals surface area contributed by atoms with Gasteiger partial charge < -0.3 is 15.6 Å². The first kappa shape index (κ1) is 11.7. The van der Waals surface area contributed by atoms with Crippen LogP contribution in [0.2, 0.25) is 0 Å². The van der Waals surface area contributed by atoms with E-state index in [0.717, 1.165) is 5.56 Å². The van der Waals surface area contributed by atoms with Crippen LogP contribution in [0.1, 0.15) is 30.9 Å². The summed E-state index contributed by atoms with van der Waals surface area (Å²) in [6.07, 6.45) is 0.431. The van der Waals surface area contributed by atoms with Crippen molar-refractivity contribution in [1.82, 2.24) is 0 Å². The minimum absolute atomic E-state index is 0.431. The Hall–Kier alpha value is -1.35. The summed E-state index contributed by atoms with van der Waals surface area (Å²) in [5.74, 6) is -0.598. The molecule has 0 bridgehead atoms. The molecule has 15 heavy (non-hydrogen) atoms. The molecule has 0 fully saturated rings. The Morgan fingerprint density at radius 1 is 1.33 bits per heavy atom. The summed E-state index contributed by atoms with van der Waals surface area (Å²) >= 11 is 0. The fraction of sp³-hybridized carbons (Fsp3) is 0.417. The summed E-state index contributed by atoms with van der Waals surface area (Å²) < 4.78 is 0. The quantitative estimate of drug-likeness (QED) is 0.737. The van der Waals surface area contributed by atoms with Crippen molar-refractivity contribution in [2.75, 3.05) is 0 Å². The van der Waals surface area contributed by atoms with Gasteiger partial charge >= 0.3 is 0 Å². The van der Waals surface area contributed by atoms with E-state index in [1.165, 1.54) is 5.56 Å². The SMILES string of the molecule is CC(C)c1ccc(C[C@H]([NH3+])C(=O)[O-])cc1. The van der Waals surface area contributed by atoms with E-state index in [1.807, 2.05) is 24.3 Å². The second-order valence-corrected chi connectivity index (χ2v) is 4.12. The van der Waals surface area contributed by atoms with Crippen LogP contribution in [0, 0.1) is 0 Å². The van der Waals surface area contributed by atoms with Gasteiger partial charge in [-0.3, -0.25) is 0 Å². The lowest BCUT2D eigenvalue weighted by Gasteiger charge is -2.10. The van der Waals surface area contributed by atoms with Gasteiger partial charge in [0.25, 0.3) is 0 Å². The Balaban J connectivity index is 2.68. The topological polar surface area (TPSA) is 67.8 Å². The predicted molar refractivity (Wildman–Crippen MR) is 55.9 cm³/mol. The number of quaternary nitrogens is 1. The second-order valence-electron chi connectivity index (χ2n) is 4.12. The molecule has 3 heteroatoms. The van der Waals surface area contributed by atoms with Gasteiger partial charge in [-0.25, -0.2) is 0 Å². The number of hydrogen-bond acceptors (Lipinski definition) is 2. The molecule has 3 nitrogen and oxygen atoms in total. The maximum Gasteiger partial charge on any atom is 0.129 e. The number of hydrogen-bond donors (Lipinski definition) is 1. The molecule has 0 spiro atoms. The van der Waals surface area contributed by atoms with Crippen molar-refractivity contribution in [2.24, 2.45) is 0 Å². The van der Waals surface area contributed by atoms with Gasteiger partial charge in [0.2, 0.25) is 0 Å². The molecule has 0 aliphatic heterocycles. The van der Waals surface area contributed by atoms with E-state index in [2.05, 4.69) is 19.6 Å². The molecule has 1 aromatic rings. The number of carboxylic acids is 1. The van der Waals surface area contributed by atoms with Crippen LogP contribution in [-0.4, -0.2) is 12.0 Å². The van der Waals surface area contributed by atoms with Crippen LogP contribution in [0.4, 0.5) is 0 Å². The van der Waals surface area contributed by atoms with Crippen molar-refractivity contribution >= 4 is 5.97 Å². The molecule has 1 atom stereocenters. The van der Waals surface area contributed by atoms with Gasteiger partial charge in [0.1, 0.15) is 6.04 Å². The standard InChI is InChI=1S/C12H17NO2/c1-8(2)10-5-3-9(4-6-10)7-11(13)12(14)15/h3-6,8,11H,7,13H2,1-2H3,(H,14,15)/t11-/m0/s1. The number of rotatable bonds is 4. The molecule has 82 valence electrons. The Kier molecular flexibility index (Phi) is 3.86. The van der Waals surface area contributed by atoms with Gasteiger partial charge in [-0.05, 0) is 17.0 Å². The first-order chi connectivity index (χ1) is 7.00. The number of carbonyl (C=O) groups excluding carboxylic acids is 1. The molecule has 0 aliphatic rings. The van der Waals surface area contributed by atoms with E-state index >= 15 is 0 Å². The zero-order chi connectivity index (χ0) is 11.4. The van der Waals surface area contributed by atoms with Crippen molar-refractivity contribution in [3.63, 3.8) is 0 Å². The monoisotopic (exact) mass is 207 g/mol. The third kappa shape index (κ3) is 3.36. The van der Waals surface area contributed by atoms with Crippen LogP contribution in [0.3, 0.4) is 0 Å². The summed E-state index contributed by atoms with van der Waals surface area (Å²) in [5.41, 5.74) is 5.77. The molecule has 0 aromatic heterocycles. The third-order valence-electron chi connectivity index (χ3n) is 2.46. The van der Waals surface area contributed by atoms with E-state index < -0.39 is 12.0 Å². The Bertz CT molecular complexity index is 330. The van der Waals surface area contributed by atoms with E-state index in [1.54, 1.807) is 0 Å². The molecule has 0 aliphatic carbocycles. The molecule has 1 rings (SSSR count). The minimum Gasteiger partial charge on any atom is -0.544 e. The van der Waals surface area contributed by atoms with Crippen LogP contribution in [0.5, 0.6) is 0 Å². The van der Waals surface area contributed by atoms with Crippen LogP contribution < -0.4 is 10.8 Å². The molecule has 0 heterocycles. The first-order valence-corrected chi connectivity index (χ1v) is 5.13. The van der Waals surface area contributed by atoms with Gasteiger partial charge in [0, 0.05) is 6.42 Å². The summed E-state index contributed by atoms with van der Waals surface area (Å²) in [7, 11) is 0. The van der Waals surface area contributed by atoms with Crippen molar-refractivity contribution in [3.8, 4) is 0 Å². The molecule has 1 aromatic carbocycles. The van der Waals surface area contributed by atoms with Gasteiger partial charge in [-0.1, -0.05) is 38.1 Å². The Labute approximate surface area is 89.9 Å². The zero-order valence-corrected chi connectivity index (χ0v) is 9.19. The zero-order valence-electron chi connectivity index (χ0n) is 9.19. The smallest absolute Gasteiger partial charge is 0.129 e. The molecular formula is C12H17NO2. The van der Waals surface area contributed by atoms with Gasteiger partial charge in [0.15, 0.2) is 0 Å². The molecule has 0 unspecified atom stereocenters. The highest BCUT2D eigenvalue weighted by Gasteiger charge is 2.08. The van der Waals surface area contributed by atoms with Crippen molar-refractivity contribution in [1.29, 1.82) is 0 Å². The molecular weight excluding hydrogens is 190 g/mol. The maximum atomic E-state index is 10.5. The third-order valence-corrected chi connectivity index (χ3v) is 2.46. The summed E-state index contributed by atoms with van der Waals surface area (Å²) in [5, 5.41) is 10.5. The fourth-order valence-electron chi connectivity index (χ4n) is 1.41. The molecule has 0 radical (unpaired) electrons. The molecule has 0 saturated carbocycles. The average Bonchev–Trinajstić information content (AvgIpc) is 2.18. The van der Waals surface area contributed by atoms with Crippen LogP contribution >= 0.6 is 0 Å². The second kappa shape index (κ2) is 4.94.